The molecule has 0 bridgehead atoms. The summed E-state index contributed by atoms with van der Waals surface area (Å²) in [6.45, 7) is 3.19. The van der Waals surface area contributed by atoms with Gasteiger partial charge in [-0.05, 0) is 54.3 Å². The summed E-state index contributed by atoms with van der Waals surface area (Å²) in [4.78, 5) is 23.2. The van der Waals surface area contributed by atoms with E-state index >= 15 is 0 Å². The Morgan fingerprint density at radius 3 is 2.42 bits per heavy atom. The lowest BCUT2D eigenvalue weighted by molar-refractivity contribution is -0.132. The SMILES string of the molecule is Cc1ccccc1CN(Cc1ccccn1)C(=O)CCc1ccncc1. The summed E-state index contributed by atoms with van der Waals surface area (Å²) in [5.41, 5.74) is 4.39. The van der Waals surface area contributed by atoms with Crippen molar-refractivity contribution in [2.45, 2.75) is 32.9 Å². The first-order chi connectivity index (χ1) is 12.7. The lowest BCUT2D eigenvalue weighted by Crippen LogP contribution is -2.31. The van der Waals surface area contributed by atoms with E-state index in [1.165, 1.54) is 11.1 Å². The van der Waals surface area contributed by atoms with Gasteiger partial charge in [0, 0.05) is 31.6 Å². The van der Waals surface area contributed by atoms with Gasteiger partial charge in [-0.15, -0.1) is 0 Å². The third kappa shape index (κ3) is 4.99. The van der Waals surface area contributed by atoms with Crippen LogP contribution in [0.25, 0.3) is 0 Å². The van der Waals surface area contributed by atoms with E-state index in [4.69, 9.17) is 0 Å². The van der Waals surface area contributed by atoms with E-state index in [0.717, 1.165) is 11.3 Å². The highest BCUT2D eigenvalue weighted by Gasteiger charge is 2.16. The van der Waals surface area contributed by atoms with Crippen molar-refractivity contribution in [1.82, 2.24) is 14.9 Å². The standard InChI is InChI=1S/C22H23N3O/c1-18-6-2-3-7-20(18)16-25(17-21-8-4-5-13-24-21)22(26)10-9-19-11-14-23-15-12-19/h2-8,11-15H,9-10,16-17H2,1H3. The van der Waals surface area contributed by atoms with Gasteiger partial charge in [-0.25, -0.2) is 0 Å². The molecule has 0 aliphatic rings. The third-order valence-electron chi connectivity index (χ3n) is 4.43. The smallest absolute Gasteiger partial charge is 0.223 e. The number of pyridine rings is 2. The molecule has 1 amide bonds. The van der Waals surface area contributed by atoms with Gasteiger partial charge in [0.05, 0.1) is 12.2 Å². The molecule has 132 valence electrons. The van der Waals surface area contributed by atoms with Gasteiger partial charge in [0.25, 0.3) is 0 Å². The van der Waals surface area contributed by atoms with Crippen LogP contribution in [0.2, 0.25) is 0 Å². The lowest BCUT2D eigenvalue weighted by atomic mass is 10.1. The zero-order valence-electron chi connectivity index (χ0n) is 15.0. The normalized spacial score (nSPS) is 10.5. The first kappa shape index (κ1) is 17.8. The summed E-state index contributed by atoms with van der Waals surface area (Å²) >= 11 is 0. The van der Waals surface area contributed by atoms with Crippen LogP contribution < -0.4 is 0 Å². The van der Waals surface area contributed by atoms with Gasteiger partial charge in [0.15, 0.2) is 0 Å². The van der Waals surface area contributed by atoms with Crippen molar-refractivity contribution in [2.75, 3.05) is 0 Å². The Morgan fingerprint density at radius 1 is 0.923 bits per heavy atom. The molecule has 0 atom stereocenters. The summed E-state index contributed by atoms with van der Waals surface area (Å²) in [6.07, 6.45) is 6.48. The molecule has 3 rings (SSSR count). The summed E-state index contributed by atoms with van der Waals surface area (Å²) in [6, 6.07) is 17.9. The summed E-state index contributed by atoms with van der Waals surface area (Å²) in [5.74, 6) is 0.135. The molecule has 2 aromatic heterocycles. The number of nitrogens with zero attached hydrogens (tertiary/aromatic N) is 3. The van der Waals surface area contributed by atoms with Gasteiger partial charge >= 0.3 is 0 Å². The molecule has 0 aliphatic heterocycles. The molecule has 3 aromatic rings. The third-order valence-corrected chi connectivity index (χ3v) is 4.43. The Hall–Kier alpha value is -3.01. The Labute approximate surface area is 154 Å². The largest absolute Gasteiger partial charge is 0.332 e. The van der Waals surface area contributed by atoms with E-state index in [1.807, 2.05) is 47.4 Å². The van der Waals surface area contributed by atoms with Crippen LogP contribution >= 0.6 is 0 Å². The zero-order chi connectivity index (χ0) is 18.2. The van der Waals surface area contributed by atoms with Crippen LogP contribution in [0.4, 0.5) is 0 Å². The lowest BCUT2D eigenvalue weighted by Gasteiger charge is -2.23. The summed E-state index contributed by atoms with van der Waals surface area (Å²) in [7, 11) is 0. The fourth-order valence-electron chi connectivity index (χ4n) is 2.87. The van der Waals surface area contributed by atoms with Crippen molar-refractivity contribution >= 4 is 5.91 Å². The van der Waals surface area contributed by atoms with Crippen molar-refractivity contribution < 1.29 is 4.79 Å². The molecular weight excluding hydrogens is 322 g/mol. The number of benzene rings is 1. The number of carbonyl (C=O) groups is 1. The fraction of sp³-hybridized carbons (Fsp3) is 0.227. The molecular formula is C22H23N3O. The van der Waals surface area contributed by atoms with Gasteiger partial charge in [-0.3, -0.25) is 14.8 Å². The molecule has 2 heterocycles. The molecule has 0 saturated heterocycles. The maximum absolute atomic E-state index is 12.9. The van der Waals surface area contributed by atoms with E-state index < -0.39 is 0 Å². The van der Waals surface area contributed by atoms with Crippen LogP contribution in [0.15, 0.2) is 73.2 Å². The Bertz CT molecular complexity index is 834. The first-order valence-electron chi connectivity index (χ1n) is 8.83. The van der Waals surface area contributed by atoms with Gasteiger partial charge in [0.1, 0.15) is 0 Å². The minimum atomic E-state index is 0.135. The number of hydrogen-bond donors (Lipinski definition) is 0. The first-order valence-corrected chi connectivity index (χ1v) is 8.83. The van der Waals surface area contributed by atoms with Gasteiger partial charge in [-0.2, -0.15) is 0 Å². The van der Waals surface area contributed by atoms with E-state index in [9.17, 15) is 4.79 Å². The predicted octanol–water partition coefficient (Wildman–Crippen LogP) is 3.95. The molecule has 4 heteroatoms. The fourth-order valence-corrected chi connectivity index (χ4v) is 2.87. The van der Waals surface area contributed by atoms with Crippen LogP contribution in [0.5, 0.6) is 0 Å². The van der Waals surface area contributed by atoms with Crippen molar-refractivity contribution in [3.8, 4) is 0 Å². The number of hydrogen-bond acceptors (Lipinski definition) is 3. The second-order valence-corrected chi connectivity index (χ2v) is 6.35. The van der Waals surface area contributed by atoms with Crippen molar-refractivity contribution in [3.05, 3.63) is 95.6 Å². The molecule has 4 nitrogen and oxygen atoms in total. The second kappa shape index (κ2) is 8.90. The van der Waals surface area contributed by atoms with Crippen LogP contribution in [-0.2, 0) is 24.3 Å². The molecule has 0 unspecified atom stereocenters. The minimum absolute atomic E-state index is 0.135. The topological polar surface area (TPSA) is 46.1 Å². The molecule has 26 heavy (non-hydrogen) atoms. The number of aryl methyl sites for hydroxylation is 2. The molecule has 0 saturated carbocycles. The van der Waals surface area contributed by atoms with Gasteiger partial charge in [0.2, 0.25) is 5.91 Å². The average molecular weight is 345 g/mol. The highest BCUT2D eigenvalue weighted by Crippen LogP contribution is 2.15. The number of carbonyl (C=O) groups excluding carboxylic acids is 1. The van der Waals surface area contributed by atoms with E-state index in [2.05, 4.69) is 29.0 Å². The molecule has 0 radical (unpaired) electrons. The zero-order valence-corrected chi connectivity index (χ0v) is 15.0. The Kier molecular flexibility index (Phi) is 6.09. The predicted molar refractivity (Wildman–Crippen MR) is 102 cm³/mol. The molecule has 0 N–H and O–H groups in total. The highest BCUT2D eigenvalue weighted by atomic mass is 16.2. The van der Waals surface area contributed by atoms with Crippen LogP contribution in [-0.4, -0.2) is 20.8 Å². The maximum Gasteiger partial charge on any atom is 0.223 e. The molecule has 0 aliphatic carbocycles. The minimum Gasteiger partial charge on any atom is -0.332 e. The van der Waals surface area contributed by atoms with Crippen molar-refractivity contribution in [2.24, 2.45) is 0 Å². The summed E-state index contributed by atoms with van der Waals surface area (Å²) < 4.78 is 0. The number of aromatic nitrogens is 2. The summed E-state index contributed by atoms with van der Waals surface area (Å²) in [5, 5.41) is 0. The highest BCUT2D eigenvalue weighted by molar-refractivity contribution is 5.76. The van der Waals surface area contributed by atoms with Gasteiger partial charge < -0.3 is 4.90 Å². The maximum atomic E-state index is 12.9. The van der Waals surface area contributed by atoms with Crippen LogP contribution in [0.1, 0.15) is 28.8 Å². The van der Waals surface area contributed by atoms with Crippen molar-refractivity contribution in [1.29, 1.82) is 0 Å². The van der Waals surface area contributed by atoms with Gasteiger partial charge in [-0.1, -0.05) is 30.3 Å². The van der Waals surface area contributed by atoms with E-state index in [-0.39, 0.29) is 5.91 Å². The van der Waals surface area contributed by atoms with E-state index in [1.54, 1.807) is 18.6 Å². The monoisotopic (exact) mass is 345 g/mol. The average Bonchev–Trinajstić information content (AvgIpc) is 2.69. The van der Waals surface area contributed by atoms with Crippen molar-refractivity contribution in [3.63, 3.8) is 0 Å². The Morgan fingerprint density at radius 2 is 1.69 bits per heavy atom. The molecule has 1 aromatic carbocycles. The number of rotatable bonds is 7. The quantitative estimate of drug-likeness (QED) is 0.651. The van der Waals surface area contributed by atoms with Crippen LogP contribution in [0, 0.1) is 6.92 Å². The van der Waals surface area contributed by atoms with Crippen LogP contribution in [0.3, 0.4) is 0 Å². The van der Waals surface area contributed by atoms with E-state index in [0.29, 0.717) is 25.9 Å². The molecule has 0 spiro atoms. The Balaban J connectivity index is 1.73. The molecule has 0 fully saturated rings. The number of amides is 1. The second-order valence-electron chi connectivity index (χ2n) is 6.35.